The molecule has 3 rings (SSSR count). The molecule has 1 aromatic heterocycles. The van der Waals surface area contributed by atoms with Crippen LogP contribution < -0.4 is 0 Å². The molecule has 0 spiro atoms. The average Bonchev–Trinajstić information content (AvgIpc) is 2.65. The number of hydrogen-bond donors (Lipinski definition) is 1. The van der Waals surface area contributed by atoms with Gasteiger partial charge in [0.05, 0.1) is 5.69 Å². The summed E-state index contributed by atoms with van der Waals surface area (Å²) in [5.74, 6) is 0.277. The van der Waals surface area contributed by atoms with Gasteiger partial charge in [0.15, 0.2) is 5.78 Å². The molecule has 3 nitrogen and oxygen atoms in total. The standard InChI is InChI=1S/C16H20N2O/c1-18(2)10-11-6-5-8-13-15(11)12-7-3-4-9-14(19)16(12)17-13/h5,8,10,17H,3-4,6-7,9H2,1-2H3. The topological polar surface area (TPSA) is 36.1 Å². The van der Waals surface area contributed by atoms with Crippen LogP contribution in [-0.4, -0.2) is 29.8 Å². The molecule has 1 aromatic rings. The molecular formula is C16H20N2O. The highest BCUT2D eigenvalue weighted by atomic mass is 16.1. The minimum Gasteiger partial charge on any atom is -0.383 e. The summed E-state index contributed by atoms with van der Waals surface area (Å²) in [7, 11) is 4.09. The van der Waals surface area contributed by atoms with Gasteiger partial charge in [0.25, 0.3) is 0 Å². The van der Waals surface area contributed by atoms with Gasteiger partial charge in [-0.1, -0.05) is 6.08 Å². The fraction of sp³-hybridized carbons (Fsp3) is 0.438. The Morgan fingerprint density at radius 2 is 2.05 bits per heavy atom. The molecule has 0 atom stereocenters. The Bertz CT molecular complexity index is 576. The van der Waals surface area contributed by atoms with Crippen LogP contribution in [0.5, 0.6) is 0 Å². The van der Waals surface area contributed by atoms with Gasteiger partial charge in [-0.05, 0) is 42.9 Å². The highest BCUT2D eigenvalue weighted by molar-refractivity contribution is 5.99. The normalized spacial score (nSPS) is 20.1. The molecule has 0 aromatic carbocycles. The first-order chi connectivity index (χ1) is 9.16. The smallest absolute Gasteiger partial charge is 0.179 e. The zero-order valence-corrected chi connectivity index (χ0v) is 11.6. The fourth-order valence-electron chi connectivity index (χ4n) is 3.09. The maximum absolute atomic E-state index is 12.2. The van der Waals surface area contributed by atoms with Gasteiger partial charge in [-0.2, -0.15) is 0 Å². The van der Waals surface area contributed by atoms with Crippen molar-refractivity contribution in [1.82, 2.24) is 9.88 Å². The monoisotopic (exact) mass is 256 g/mol. The van der Waals surface area contributed by atoms with Crippen molar-refractivity contribution in [2.45, 2.75) is 32.1 Å². The van der Waals surface area contributed by atoms with Crippen molar-refractivity contribution in [2.75, 3.05) is 14.1 Å². The van der Waals surface area contributed by atoms with Crippen molar-refractivity contribution in [3.63, 3.8) is 0 Å². The van der Waals surface area contributed by atoms with Gasteiger partial charge in [-0.15, -0.1) is 0 Å². The molecule has 2 aliphatic rings. The van der Waals surface area contributed by atoms with E-state index in [9.17, 15) is 4.79 Å². The summed E-state index contributed by atoms with van der Waals surface area (Å²) in [6.07, 6.45) is 11.2. The fourth-order valence-corrected chi connectivity index (χ4v) is 3.09. The van der Waals surface area contributed by atoms with Gasteiger partial charge in [0, 0.05) is 38.0 Å². The second kappa shape index (κ2) is 4.72. The van der Waals surface area contributed by atoms with E-state index in [4.69, 9.17) is 0 Å². The van der Waals surface area contributed by atoms with Crippen LogP contribution in [0.1, 0.15) is 53.0 Å². The molecular weight excluding hydrogens is 236 g/mol. The molecule has 0 aliphatic heterocycles. The largest absolute Gasteiger partial charge is 0.383 e. The Morgan fingerprint density at radius 1 is 1.26 bits per heavy atom. The first-order valence-corrected chi connectivity index (χ1v) is 6.99. The average molecular weight is 256 g/mol. The number of fused-ring (bicyclic) bond motifs is 3. The zero-order valence-electron chi connectivity index (χ0n) is 11.6. The third kappa shape index (κ3) is 2.14. The van der Waals surface area contributed by atoms with E-state index in [1.54, 1.807) is 0 Å². The second-order valence-corrected chi connectivity index (χ2v) is 5.62. The molecule has 0 saturated carbocycles. The number of aromatic amines is 1. The molecule has 0 unspecified atom stereocenters. The van der Waals surface area contributed by atoms with Crippen molar-refractivity contribution in [3.8, 4) is 0 Å². The number of nitrogens with one attached hydrogen (secondary N) is 1. The van der Waals surface area contributed by atoms with E-state index in [0.29, 0.717) is 6.42 Å². The van der Waals surface area contributed by atoms with Crippen molar-refractivity contribution in [1.29, 1.82) is 0 Å². The first kappa shape index (κ1) is 12.3. The number of Topliss-reactive ketones (excluding diaryl/α,β-unsaturated/α-hetero) is 1. The Labute approximate surface area is 114 Å². The van der Waals surface area contributed by atoms with E-state index >= 15 is 0 Å². The van der Waals surface area contributed by atoms with Gasteiger partial charge in [-0.3, -0.25) is 4.79 Å². The molecule has 0 radical (unpaired) electrons. The third-order valence-electron chi connectivity index (χ3n) is 3.85. The van der Waals surface area contributed by atoms with Gasteiger partial charge in [-0.25, -0.2) is 0 Å². The molecule has 3 heteroatoms. The number of hydrogen-bond acceptors (Lipinski definition) is 2. The lowest BCUT2D eigenvalue weighted by atomic mass is 9.92. The van der Waals surface area contributed by atoms with Gasteiger partial charge in [0.2, 0.25) is 0 Å². The lowest BCUT2D eigenvalue weighted by Crippen LogP contribution is -2.05. The highest BCUT2D eigenvalue weighted by Gasteiger charge is 2.25. The quantitative estimate of drug-likeness (QED) is 0.783. The van der Waals surface area contributed by atoms with Gasteiger partial charge in [0.1, 0.15) is 0 Å². The zero-order chi connectivity index (χ0) is 13.4. The molecule has 0 fully saturated rings. The van der Waals surface area contributed by atoms with Crippen LogP contribution in [0.15, 0.2) is 12.3 Å². The van der Waals surface area contributed by atoms with Crippen molar-refractivity contribution in [2.24, 2.45) is 0 Å². The lowest BCUT2D eigenvalue weighted by molar-refractivity contribution is 0.0978. The number of H-pyrrole nitrogens is 1. The number of aromatic nitrogens is 1. The Kier molecular flexibility index (Phi) is 3.05. The maximum atomic E-state index is 12.2. The van der Waals surface area contributed by atoms with E-state index in [-0.39, 0.29) is 5.78 Å². The maximum Gasteiger partial charge on any atom is 0.179 e. The van der Waals surface area contributed by atoms with E-state index < -0.39 is 0 Å². The predicted octanol–water partition coefficient (Wildman–Crippen LogP) is 3.24. The van der Waals surface area contributed by atoms with E-state index in [1.165, 1.54) is 16.7 Å². The minimum atomic E-state index is 0.277. The Hall–Kier alpha value is -1.77. The summed E-state index contributed by atoms with van der Waals surface area (Å²) in [6, 6.07) is 0. The molecule has 0 amide bonds. The number of ketones is 1. The Morgan fingerprint density at radius 3 is 2.84 bits per heavy atom. The number of allylic oxidation sites excluding steroid dienone is 2. The van der Waals surface area contributed by atoms with Gasteiger partial charge >= 0.3 is 0 Å². The van der Waals surface area contributed by atoms with Crippen LogP contribution in [0.2, 0.25) is 0 Å². The highest BCUT2D eigenvalue weighted by Crippen LogP contribution is 2.36. The molecule has 2 aliphatic carbocycles. The molecule has 100 valence electrons. The molecule has 0 saturated heterocycles. The predicted molar refractivity (Wildman–Crippen MR) is 78.0 cm³/mol. The van der Waals surface area contributed by atoms with Crippen molar-refractivity contribution in [3.05, 3.63) is 34.8 Å². The number of nitrogens with zero attached hydrogens (tertiary/aromatic N) is 1. The van der Waals surface area contributed by atoms with Crippen LogP contribution in [0.25, 0.3) is 11.6 Å². The summed E-state index contributed by atoms with van der Waals surface area (Å²) >= 11 is 0. The second-order valence-electron chi connectivity index (χ2n) is 5.62. The summed E-state index contributed by atoms with van der Waals surface area (Å²) in [5.41, 5.74) is 5.81. The number of carbonyl (C=O) groups excluding carboxylic acids is 1. The van der Waals surface area contributed by atoms with Crippen molar-refractivity contribution < 1.29 is 4.79 Å². The lowest BCUT2D eigenvalue weighted by Gasteiger charge is -2.15. The summed E-state index contributed by atoms with van der Waals surface area (Å²) in [4.78, 5) is 17.6. The van der Waals surface area contributed by atoms with Crippen LogP contribution in [0.3, 0.4) is 0 Å². The number of rotatable bonds is 1. The van der Waals surface area contributed by atoms with Crippen molar-refractivity contribution >= 4 is 17.4 Å². The minimum absolute atomic E-state index is 0.277. The molecule has 1 N–H and O–H groups in total. The summed E-state index contributed by atoms with van der Waals surface area (Å²) < 4.78 is 0. The Balaban J connectivity index is 2.16. The van der Waals surface area contributed by atoms with Crippen LogP contribution in [0.4, 0.5) is 0 Å². The van der Waals surface area contributed by atoms with E-state index in [0.717, 1.165) is 37.1 Å². The van der Waals surface area contributed by atoms with E-state index in [1.807, 2.05) is 14.1 Å². The number of carbonyl (C=O) groups is 1. The summed E-state index contributed by atoms with van der Waals surface area (Å²) in [5, 5.41) is 0. The molecule has 1 heterocycles. The van der Waals surface area contributed by atoms with Crippen LogP contribution in [-0.2, 0) is 6.42 Å². The molecule has 0 bridgehead atoms. The third-order valence-corrected chi connectivity index (χ3v) is 3.85. The molecule has 19 heavy (non-hydrogen) atoms. The van der Waals surface area contributed by atoms with E-state index in [2.05, 4.69) is 28.2 Å². The van der Waals surface area contributed by atoms with Crippen LogP contribution in [0, 0.1) is 0 Å². The van der Waals surface area contributed by atoms with Gasteiger partial charge < -0.3 is 9.88 Å². The summed E-state index contributed by atoms with van der Waals surface area (Å²) in [6.45, 7) is 0. The van der Waals surface area contributed by atoms with Crippen LogP contribution >= 0.6 is 0 Å². The SMILES string of the molecule is CN(C)C=C1CC=Cc2[nH]c3c(c21)CCCCC3=O. The first-order valence-electron chi connectivity index (χ1n) is 6.99.